The van der Waals surface area contributed by atoms with Gasteiger partial charge in [0.2, 0.25) is 5.91 Å². The highest BCUT2D eigenvalue weighted by molar-refractivity contribution is 7.99. The molecule has 144 valence electrons. The molecule has 0 fully saturated rings. The van der Waals surface area contributed by atoms with Gasteiger partial charge in [0.1, 0.15) is 11.4 Å². The normalized spacial score (nSPS) is 17.7. The van der Waals surface area contributed by atoms with Gasteiger partial charge in [-0.3, -0.25) is 4.79 Å². The molecule has 0 aliphatic carbocycles. The predicted octanol–water partition coefficient (Wildman–Crippen LogP) is 5.95. The second kappa shape index (κ2) is 8.34. The number of thioether (sulfide) groups is 1. The highest BCUT2D eigenvalue weighted by Crippen LogP contribution is 2.40. The third-order valence-corrected chi connectivity index (χ3v) is 6.17. The summed E-state index contributed by atoms with van der Waals surface area (Å²) in [4.78, 5) is 12.5. The number of aryl methyl sites for hydroxylation is 1. The summed E-state index contributed by atoms with van der Waals surface area (Å²) in [6, 6.07) is 11.5. The summed E-state index contributed by atoms with van der Waals surface area (Å²) in [6.45, 7) is 6.13. The van der Waals surface area contributed by atoms with Crippen molar-refractivity contribution < 1.29 is 9.53 Å². The molecular formula is C21H23Cl2NO2S. The molecule has 1 aliphatic heterocycles. The Morgan fingerprint density at radius 2 is 1.96 bits per heavy atom. The fourth-order valence-corrected chi connectivity index (χ4v) is 4.83. The first-order chi connectivity index (χ1) is 12.7. The number of fused-ring (bicyclic) bond motifs is 1. The molecule has 1 N–H and O–H groups in total. The van der Waals surface area contributed by atoms with Gasteiger partial charge in [-0.2, -0.15) is 0 Å². The van der Waals surface area contributed by atoms with E-state index in [0.29, 0.717) is 21.6 Å². The van der Waals surface area contributed by atoms with Crippen molar-refractivity contribution in [1.29, 1.82) is 0 Å². The molecule has 0 aromatic heterocycles. The number of halogens is 2. The molecule has 0 bridgehead atoms. The number of hydrogen-bond donors (Lipinski definition) is 1. The molecule has 1 aliphatic rings. The van der Waals surface area contributed by atoms with Crippen LogP contribution < -0.4 is 10.1 Å². The van der Waals surface area contributed by atoms with E-state index >= 15 is 0 Å². The van der Waals surface area contributed by atoms with Crippen molar-refractivity contribution in [3.63, 3.8) is 0 Å². The standard InChI is InChI=1S/C21H23Cl2NO2S/c1-13-7-8-19-14(9-13)18(10-21(2,3)26-19)24-20(25)12-27-11-15-16(22)5-4-6-17(15)23/h4-9,18H,10-12H2,1-3H3,(H,24,25)/t18-/m1/s1. The van der Waals surface area contributed by atoms with Crippen molar-refractivity contribution in [1.82, 2.24) is 5.32 Å². The van der Waals surface area contributed by atoms with Crippen LogP contribution in [-0.2, 0) is 10.5 Å². The highest BCUT2D eigenvalue weighted by Gasteiger charge is 2.34. The highest BCUT2D eigenvalue weighted by atomic mass is 35.5. The van der Waals surface area contributed by atoms with E-state index in [4.69, 9.17) is 27.9 Å². The van der Waals surface area contributed by atoms with Gasteiger partial charge in [-0.05, 0) is 44.5 Å². The van der Waals surface area contributed by atoms with Crippen LogP contribution in [0.3, 0.4) is 0 Å². The molecule has 1 amide bonds. The predicted molar refractivity (Wildman–Crippen MR) is 114 cm³/mol. The van der Waals surface area contributed by atoms with E-state index in [-0.39, 0.29) is 17.6 Å². The average molecular weight is 424 g/mol. The fourth-order valence-electron chi connectivity index (χ4n) is 3.25. The number of hydrogen-bond acceptors (Lipinski definition) is 3. The summed E-state index contributed by atoms with van der Waals surface area (Å²) in [5, 5.41) is 4.43. The molecule has 6 heteroatoms. The van der Waals surface area contributed by atoms with Crippen LogP contribution >= 0.6 is 35.0 Å². The van der Waals surface area contributed by atoms with E-state index < -0.39 is 0 Å². The van der Waals surface area contributed by atoms with Crippen LogP contribution in [0.4, 0.5) is 0 Å². The number of carbonyl (C=O) groups is 1. The lowest BCUT2D eigenvalue weighted by Gasteiger charge is -2.38. The Balaban J connectivity index is 1.63. The molecule has 0 saturated heterocycles. The minimum absolute atomic E-state index is 0.00154. The summed E-state index contributed by atoms with van der Waals surface area (Å²) >= 11 is 13.9. The van der Waals surface area contributed by atoms with E-state index in [9.17, 15) is 4.79 Å². The Bertz CT molecular complexity index is 834. The Hall–Kier alpha value is -1.36. The van der Waals surface area contributed by atoms with Crippen LogP contribution in [0, 0.1) is 6.92 Å². The number of benzene rings is 2. The number of amides is 1. The molecule has 0 spiro atoms. The van der Waals surface area contributed by atoms with E-state index in [2.05, 4.69) is 11.4 Å². The molecule has 0 saturated carbocycles. The van der Waals surface area contributed by atoms with Gasteiger partial charge in [0.15, 0.2) is 0 Å². The Kier molecular flexibility index (Phi) is 6.29. The Labute approximate surface area is 174 Å². The zero-order chi connectivity index (χ0) is 19.6. The maximum absolute atomic E-state index is 12.5. The third kappa shape index (κ3) is 5.13. The van der Waals surface area contributed by atoms with Gasteiger partial charge >= 0.3 is 0 Å². The van der Waals surface area contributed by atoms with Gasteiger partial charge in [-0.25, -0.2) is 0 Å². The summed E-state index contributed by atoms with van der Waals surface area (Å²) in [5.74, 6) is 1.79. The number of carbonyl (C=O) groups excluding carboxylic acids is 1. The Morgan fingerprint density at radius 1 is 1.26 bits per heavy atom. The molecule has 1 atom stereocenters. The lowest BCUT2D eigenvalue weighted by Crippen LogP contribution is -2.41. The monoisotopic (exact) mass is 423 g/mol. The first-order valence-electron chi connectivity index (χ1n) is 8.85. The SMILES string of the molecule is Cc1ccc2c(c1)[C@H](NC(=O)CSCc1c(Cl)cccc1Cl)CC(C)(C)O2. The summed E-state index contributed by atoms with van der Waals surface area (Å²) in [7, 11) is 0. The molecule has 2 aromatic carbocycles. The van der Waals surface area contributed by atoms with Crippen molar-refractivity contribution in [2.24, 2.45) is 0 Å². The molecular weight excluding hydrogens is 401 g/mol. The van der Waals surface area contributed by atoms with Gasteiger partial charge in [-0.1, -0.05) is 47.0 Å². The van der Waals surface area contributed by atoms with Crippen molar-refractivity contribution in [2.45, 2.75) is 44.6 Å². The number of nitrogens with one attached hydrogen (secondary N) is 1. The van der Waals surface area contributed by atoms with Crippen LogP contribution in [0.5, 0.6) is 5.75 Å². The topological polar surface area (TPSA) is 38.3 Å². The van der Waals surface area contributed by atoms with Crippen LogP contribution in [0.25, 0.3) is 0 Å². The van der Waals surface area contributed by atoms with Gasteiger partial charge in [0.25, 0.3) is 0 Å². The average Bonchev–Trinajstić information content (AvgIpc) is 2.57. The molecule has 0 unspecified atom stereocenters. The minimum atomic E-state index is -0.321. The quantitative estimate of drug-likeness (QED) is 0.644. The molecule has 3 rings (SSSR count). The summed E-state index contributed by atoms with van der Waals surface area (Å²) in [5.41, 5.74) is 2.74. The maximum Gasteiger partial charge on any atom is 0.230 e. The van der Waals surface area contributed by atoms with Crippen LogP contribution in [0.2, 0.25) is 10.0 Å². The zero-order valence-electron chi connectivity index (χ0n) is 15.6. The third-order valence-electron chi connectivity index (χ3n) is 4.50. The largest absolute Gasteiger partial charge is 0.487 e. The van der Waals surface area contributed by atoms with E-state index in [1.165, 1.54) is 11.8 Å². The van der Waals surface area contributed by atoms with Crippen molar-refractivity contribution >= 4 is 40.9 Å². The second-order valence-corrected chi connectivity index (χ2v) is 9.22. The second-order valence-electron chi connectivity index (χ2n) is 7.42. The lowest BCUT2D eigenvalue weighted by molar-refractivity contribution is -0.119. The molecule has 0 radical (unpaired) electrons. The first kappa shape index (κ1) is 20.4. The van der Waals surface area contributed by atoms with Crippen LogP contribution in [0.15, 0.2) is 36.4 Å². The molecule has 2 aromatic rings. The maximum atomic E-state index is 12.5. The number of ether oxygens (including phenoxy) is 1. The van der Waals surface area contributed by atoms with E-state index in [0.717, 1.165) is 28.9 Å². The van der Waals surface area contributed by atoms with Crippen molar-refractivity contribution in [3.05, 3.63) is 63.1 Å². The van der Waals surface area contributed by atoms with Crippen LogP contribution in [0.1, 0.15) is 43.0 Å². The number of rotatable bonds is 5. The van der Waals surface area contributed by atoms with E-state index in [1.54, 1.807) is 0 Å². The first-order valence-corrected chi connectivity index (χ1v) is 10.8. The van der Waals surface area contributed by atoms with Crippen molar-refractivity contribution in [3.8, 4) is 5.75 Å². The molecule has 3 nitrogen and oxygen atoms in total. The van der Waals surface area contributed by atoms with Gasteiger partial charge < -0.3 is 10.1 Å². The van der Waals surface area contributed by atoms with Crippen LogP contribution in [-0.4, -0.2) is 17.3 Å². The molecule has 27 heavy (non-hydrogen) atoms. The Morgan fingerprint density at radius 3 is 2.67 bits per heavy atom. The van der Waals surface area contributed by atoms with E-state index in [1.807, 2.05) is 51.1 Å². The fraction of sp³-hybridized carbons (Fsp3) is 0.381. The van der Waals surface area contributed by atoms with Gasteiger partial charge in [0, 0.05) is 27.8 Å². The van der Waals surface area contributed by atoms with Crippen molar-refractivity contribution in [2.75, 3.05) is 5.75 Å². The van der Waals surface area contributed by atoms with Gasteiger partial charge in [-0.15, -0.1) is 11.8 Å². The lowest BCUT2D eigenvalue weighted by atomic mass is 9.89. The minimum Gasteiger partial charge on any atom is -0.487 e. The summed E-state index contributed by atoms with van der Waals surface area (Å²) < 4.78 is 6.07. The van der Waals surface area contributed by atoms with Gasteiger partial charge in [0.05, 0.1) is 11.8 Å². The summed E-state index contributed by atoms with van der Waals surface area (Å²) in [6.07, 6.45) is 0.732. The zero-order valence-corrected chi connectivity index (χ0v) is 18.0. The molecule has 1 heterocycles. The smallest absolute Gasteiger partial charge is 0.230 e.